The molecule has 5 nitrogen and oxygen atoms in total. The van der Waals surface area contributed by atoms with E-state index in [-0.39, 0.29) is 25.2 Å². The average Bonchev–Trinajstić information content (AvgIpc) is 3.30. The first-order valence-electron chi connectivity index (χ1n) is 29.6. The van der Waals surface area contributed by atoms with Crippen molar-refractivity contribution in [2.45, 2.75) is 354 Å². The first kappa shape index (κ1) is 62.9. The molecule has 0 amide bonds. The minimum absolute atomic E-state index is 0.0557. The third-order valence-corrected chi connectivity index (χ3v) is 13.9. The molecule has 5 heteroatoms. The van der Waals surface area contributed by atoms with E-state index in [0.717, 1.165) is 32.1 Å². The number of aliphatic hydroxyl groups excluding tert-OH is 1. The molecule has 0 saturated heterocycles. The van der Waals surface area contributed by atoms with Crippen molar-refractivity contribution >= 4 is 11.9 Å². The Bertz CT molecular complexity index is 891. The third-order valence-electron chi connectivity index (χ3n) is 13.9. The second kappa shape index (κ2) is 56.2. The van der Waals surface area contributed by atoms with Gasteiger partial charge in [0.15, 0.2) is 6.10 Å². The van der Waals surface area contributed by atoms with Gasteiger partial charge in [0.2, 0.25) is 0 Å². The van der Waals surface area contributed by atoms with Gasteiger partial charge in [0.25, 0.3) is 0 Å². The number of hydrogen-bond donors (Lipinski definition) is 1. The molecule has 1 atom stereocenters. The van der Waals surface area contributed by atoms with Crippen LogP contribution in [0.2, 0.25) is 0 Å². The molecule has 382 valence electrons. The minimum atomic E-state index is -0.764. The summed E-state index contributed by atoms with van der Waals surface area (Å²) in [5, 5.41) is 9.65. The molecule has 0 saturated carbocycles. The fourth-order valence-corrected chi connectivity index (χ4v) is 9.44. The molecule has 1 unspecified atom stereocenters. The lowest BCUT2D eigenvalue weighted by Gasteiger charge is -2.15. The number of esters is 2. The van der Waals surface area contributed by atoms with Crippen LogP contribution in [0.25, 0.3) is 0 Å². The van der Waals surface area contributed by atoms with Crippen molar-refractivity contribution < 1.29 is 24.2 Å². The molecule has 0 aromatic carbocycles. The van der Waals surface area contributed by atoms with Crippen LogP contribution in [0.1, 0.15) is 348 Å². The Kier molecular flexibility index (Phi) is 55.3. The number of rotatable bonds is 56. The van der Waals surface area contributed by atoms with E-state index in [1.165, 1.54) is 289 Å². The van der Waals surface area contributed by atoms with E-state index >= 15 is 0 Å². The van der Waals surface area contributed by atoms with Crippen molar-refractivity contribution in [3.05, 3.63) is 0 Å². The van der Waals surface area contributed by atoms with Gasteiger partial charge in [0.05, 0.1) is 6.61 Å². The first-order valence-corrected chi connectivity index (χ1v) is 29.6. The van der Waals surface area contributed by atoms with Gasteiger partial charge in [-0.2, -0.15) is 0 Å². The van der Waals surface area contributed by atoms with Crippen molar-refractivity contribution in [3.8, 4) is 0 Å². The van der Waals surface area contributed by atoms with Crippen LogP contribution >= 0.6 is 0 Å². The maximum Gasteiger partial charge on any atom is 0.306 e. The fourth-order valence-electron chi connectivity index (χ4n) is 9.44. The van der Waals surface area contributed by atoms with Crippen molar-refractivity contribution in [1.29, 1.82) is 0 Å². The van der Waals surface area contributed by atoms with E-state index in [0.29, 0.717) is 12.8 Å². The van der Waals surface area contributed by atoms with E-state index in [9.17, 15) is 14.7 Å². The monoisotopic (exact) mass is 905 g/mol. The molecule has 0 heterocycles. The van der Waals surface area contributed by atoms with Gasteiger partial charge in [-0.05, 0) is 12.8 Å². The molecular weight excluding hydrogens is 789 g/mol. The molecule has 64 heavy (non-hydrogen) atoms. The molecule has 1 N–H and O–H groups in total. The zero-order valence-electron chi connectivity index (χ0n) is 43.8. The van der Waals surface area contributed by atoms with Crippen molar-refractivity contribution in [3.63, 3.8) is 0 Å². The molecule has 0 radical (unpaired) electrons. The van der Waals surface area contributed by atoms with Gasteiger partial charge in [-0.1, -0.05) is 322 Å². The summed E-state index contributed by atoms with van der Waals surface area (Å²) in [5.74, 6) is -0.563. The van der Waals surface area contributed by atoms with E-state index in [4.69, 9.17) is 9.47 Å². The van der Waals surface area contributed by atoms with Gasteiger partial charge < -0.3 is 14.6 Å². The van der Waals surface area contributed by atoms with Gasteiger partial charge in [0.1, 0.15) is 6.61 Å². The Hall–Kier alpha value is -1.10. The Labute approximate surface area is 401 Å². The molecule has 0 aliphatic rings. The summed E-state index contributed by atoms with van der Waals surface area (Å²) in [6, 6.07) is 0. The molecule has 0 spiro atoms. The standard InChI is InChI=1S/C59H116O5/c1-3-5-7-9-11-13-15-17-19-21-23-24-25-26-27-28-29-30-31-32-33-34-36-38-40-42-44-46-48-50-52-54-59(62)64-57(55-60)56-63-58(61)53-51-49-47-45-43-41-39-37-35-22-20-18-16-14-12-10-8-6-4-2/h57,60H,3-56H2,1-2H3. The third kappa shape index (κ3) is 53.5. The molecule has 0 aromatic rings. The van der Waals surface area contributed by atoms with Crippen molar-refractivity contribution in [1.82, 2.24) is 0 Å². The smallest absolute Gasteiger partial charge is 0.306 e. The Balaban J connectivity index is 3.37. The lowest BCUT2D eigenvalue weighted by atomic mass is 10.0. The van der Waals surface area contributed by atoms with Crippen LogP contribution in [0, 0.1) is 0 Å². The predicted molar refractivity (Wildman–Crippen MR) is 279 cm³/mol. The molecule has 0 rings (SSSR count). The zero-order chi connectivity index (χ0) is 46.3. The molecule has 0 aromatic heterocycles. The molecule has 0 aliphatic heterocycles. The van der Waals surface area contributed by atoms with Crippen LogP contribution in [0.3, 0.4) is 0 Å². The highest BCUT2D eigenvalue weighted by Crippen LogP contribution is 2.19. The average molecular weight is 906 g/mol. The summed E-state index contributed by atoms with van der Waals surface area (Å²) >= 11 is 0. The molecule has 0 fully saturated rings. The fraction of sp³-hybridized carbons (Fsp3) is 0.966. The van der Waals surface area contributed by atoms with Crippen LogP contribution in [0.4, 0.5) is 0 Å². The summed E-state index contributed by atoms with van der Waals surface area (Å²) in [6.45, 7) is 4.21. The summed E-state index contributed by atoms with van der Waals surface area (Å²) in [7, 11) is 0. The highest BCUT2D eigenvalue weighted by atomic mass is 16.6. The van der Waals surface area contributed by atoms with Crippen LogP contribution in [0.15, 0.2) is 0 Å². The van der Waals surface area contributed by atoms with E-state index in [2.05, 4.69) is 13.8 Å². The summed E-state index contributed by atoms with van der Waals surface area (Å²) in [6.07, 6.45) is 68.1. The lowest BCUT2D eigenvalue weighted by molar-refractivity contribution is -0.161. The Morgan fingerprint density at radius 3 is 0.688 bits per heavy atom. The zero-order valence-corrected chi connectivity index (χ0v) is 43.8. The second-order valence-corrected chi connectivity index (χ2v) is 20.4. The van der Waals surface area contributed by atoms with E-state index in [1.54, 1.807) is 0 Å². The van der Waals surface area contributed by atoms with E-state index < -0.39 is 6.10 Å². The Morgan fingerprint density at radius 1 is 0.297 bits per heavy atom. The number of carbonyl (C=O) groups excluding carboxylic acids is 2. The largest absolute Gasteiger partial charge is 0.462 e. The second-order valence-electron chi connectivity index (χ2n) is 20.4. The summed E-state index contributed by atoms with van der Waals surface area (Å²) in [5.41, 5.74) is 0. The number of carbonyl (C=O) groups is 2. The maximum atomic E-state index is 12.3. The SMILES string of the molecule is CCCCCCCCCCCCCCCCCCCCCCCCCCCCCCCCCC(=O)OC(CO)COC(=O)CCCCCCCCCCCCCCCCCCCCC. The van der Waals surface area contributed by atoms with Crippen LogP contribution in [-0.4, -0.2) is 36.4 Å². The van der Waals surface area contributed by atoms with Crippen LogP contribution in [-0.2, 0) is 19.1 Å². The van der Waals surface area contributed by atoms with Gasteiger partial charge in [-0.15, -0.1) is 0 Å². The summed E-state index contributed by atoms with van der Waals surface area (Å²) < 4.78 is 10.7. The van der Waals surface area contributed by atoms with Crippen molar-refractivity contribution in [2.24, 2.45) is 0 Å². The van der Waals surface area contributed by atoms with Gasteiger partial charge >= 0.3 is 11.9 Å². The highest BCUT2D eigenvalue weighted by Gasteiger charge is 2.16. The minimum Gasteiger partial charge on any atom is -0.462 e. The number of ether oxygens (including phenoxy) is 2. The Morgan fingerprint density at radius 2 is 0.484 bits per heavy atom. The van der Waals surface area contributed by atoms with Crippen LogP contribution < -0.4 is 0 Å². The number of unbranched alkanes of at least 4 members (excludes halogenated alkanes) is 48. The van der Waals surface area contributed by atoms with E-state index in [1.807, 2.05) is 0 Å². The highest BCUT2D eigenvalue weighted by molar-refractivity contribution is 5.70. The number of aliphatic hydroxyl groups is 1. The van der Waals surface area contributed by atoms with Crippen molar-refractivity contribution in [2.75, 3.05) is 13.2 Å². The molecular formula is C59H116O5. The van der Waals surface area contributed by atoms with Gasteiger partial charge in [0, 0.05) is 12.8 Å². The lowest BCUT2D eigenvalue weighted by Crippen LogP contribution is -2.28. The van der Waals surface area contributed by atoms with Crippen LogP contribution in [0.5, 0.6) is 0 Å². The quantitative estimate of drug-likeness (QED) is 0.0486. The predicted octanol–water partition coefficient (Wildman–Crippen LogP) is 19.8. The normalized spacial score (nSPS) is 12.0. The molecule has 0 aliphatic carbocycles. The summed E-state index contributed by atoms with van der Waals surface area (Å²) in [4.78, 5) is 24.5. The maximum absolute atomic E-state index is 12.3. The topological polar surface area (TPSA) is 72.8 Å². The van der Waals surface area contributed by atoms with Gasteiger partial charge in [-0.3, -0.25) is 9.59 Å². The number of hydrogen-bond acceptors (Lipinski definition) is 5. The first-order chi connectivity index (χ1) is 31.6. The molecule has 0 bridgehead atoms. The van der Waals surface area contributed by atoms with Gasteiger partial charge in [-0.25, -0.2) is 0 Å².